The molecule has 1 heterocycles. The molecule has 6 nitrogen and oxygen atoms in total. The van der Waals surface area contributed by atoms with Crippen LogP contribution in [0.1, 0.15) is 0 Å². The predicted octanol–water partition coefficient (Wildman–Crippen LogP) is 0.663. The van der Waals surface area contributed by atoms with Crippen molar-refractivity contribution in [2.24, 2.45) is 0 Å². The summed E-state index contributed by atoms with van der Waals surface area (Å²) in [6, 6.07) is 4.21. The molecule has 0 fully saturated rings. The maximum absolute atomic E-state index is 10.6. The Morgan fingerprint density at radius 1 is 1.46 bits per heavy atom. The lowest BCUT2D eigenvalue weighted by Gasteiger charge is -1.93. The van der Waals surface area contributed by atoms with Gasteiger partial charge in [0.25, 0.3) is 0 Å². The summed E-state index contributed by atoms with van der Waals surface area (Å²) in [6.45, 7) is 0. The molecule has 1 aromatic heterocycles. The number of phenols is 1. The average molecular weight is 179 g/mol. The molecule has 0 saturated carbocycles. The quantitative estimate of drug-likeness (QED) is 0.620. The van der Waals surface area contributed by atoms with Gasteiger partial charge in [-0.2, -0.15) is 0 Å². The molecule has 13 heavy (non-hydrogen) atoms. The lowest BCUT2D eigenvalue weighted by Crippen LogP contribution is -2.09. The molecule has 0 aliphatic carbocycles. The van der Waals surface area contributed by atoms with Crippen LogP contribution in [-0.2, 0) is 0 Å². The van der Waals surface area contributed by atoms with E-state index in [0.717, 1.165) is 0 Å². The smallest absolute Gasteiger partial charge is 0.434 e. The second-order valence-electron chi connectivity index (χ2n) is 2.46. The van der Waals surface area contributed by atoms with Crippen LogP contribution in [0, 0.1) is 0 Å². The molecule has 0 aliphatic heterocycles. The van der Waals surface area contributed by atoms with E-state index in [1.807, 2.05) is 0 Å². The van der Waals surface area contributed by atoms with Gasteiger partial charge >= 0.3 is 6.09 Å². The number of phenolic OH excluding ortho intramolecular Hbond substituents is 1. The third-order valence-electron chi connectivity index (χ3n) is 1.61. The number of fused-ring (bicyclic) bond motifs is 1. The highest BCUT2D eigenvalue weighted by molar-refractivity contribution is 5.84. The Labute approximate surface area is 72.0 Å². The number of aromatic hydroxyl groups is 1. The predicted molar refractivity (Wildman–Crippen MR) is 42.6 cm³/mol. The summed E-state index contributed by atoms with van der Waals surface area (Å²) in [5.41, 5.74) is 0.702. The SMILES string of the molecule is O=C(O)n1nnc2ccc(O)cc21. The van der Waals surface area contributed by atoms with E-state index >= 15 is 0 Å². The van der Waals surface area contributed by atoms with Gasteiger partial charge in [0.1, 0.15) is 16.8 Å². The zero-order valence-corrected chi connectivity index (χ0v) is 6.38. The second kappa shape index (κ2) is 2.44. The van der Waals surface area contributed by atoms with Crippen molar-refractivity contribution >= 4 is 17.1 Å². The Morgan fingerprint density at radius 3 is 2.92 bits per heavy atom. The molecular weight excluding hydrogens is 174 g/mol. The summed E-state index contributed by atoms with van der Waals surface area (Å²) >= 11 is 0. The van der Waals surface area contributed by atoms with Crippen molar-refractivity contribution in [1.82, 2.24) is 15.0 Å². The van der Waals surface area contributed by atoms with Crippen LogP contribution in [0.4, 0.5) is 4.79 Å². The first-order valence-electron chi connectivity index (χ1n) is 3.46. The van der Waals surface area contributed by atoms with Crippen molar-refractivity contribution in [3.63, 3.8) is 0 Å². The molecule has 2 aromatic rings. The zero-order valence-electron chi connectivity index (χ0n) is 6.38. The van der Waals surface area contributed by atoms with Crippen molar-refractivity contribution in [1.29, 1.82) is 0 Å². The zero-order chi connectivity index (χ0) is 9.42. The van der Waals surface area contributed by atoms with Crippen molar-refractivity contribution in [2.45, 2.75) is 0 Å². The van der Waals surface area contributed by atoms with E-state index in [-0.39, 0.29) is 11.3 Å². The highest BCUT2D eigenvalue weighted by Crippen LogP contribution is 2.16. The lowest BCUT2D eigenvalue weighted by molar-refractivity contribution is 0.193. The van der Waals surface area contributed by atoms with Gasteiger partial charge in [0.15, 0.2) is 0 Å². The number of rotatable bonds is 0. The summed E-state index contributed by atoms with van der Waals surface area (Å²) in [6.07, 6.45) is -1.23. The first kappa shape index (κ1) is 7.53. The molecule has 0 bridgehead atoms. The van der Waals surface area contributed by atoms with Gasteiger partial charge in [-0.3, -0.25) is 0 Å². The molecule has 0 unspecified atom stereocenters. The number of carboxylic acid groups (broad SMARTS) is 1. The van der Waals surface area contributed by atoms with E-state index in [9.17, 15) is 4.79 Å². The third-order valence-corrected chi connectivity index (χ3v) is 1.61. The van der Waals surface area contributed by atoms with E-state index in [1.165, 1.54) is 18.2 Å². The van der Waals surface area contributed by atoms with E-state index in [2.05, 4.69) is 10.3 Å². The molecule has 0 atom stereocenters. The summed E-state index contributed by atoms with van der Waals surface area (Å²) in [4.78, 5) is 10.6. The van der Waals surface area contributed by atoms with Gasteiger partial charge in [0, 0.05) is 6.07 Å². The van der Waals surface area contributed by atoms with Gasteiger partial charge in [-0.05, 0) is 12.1 Å². The molecule has 6 heteroatoms. The number of hydrogen-bond donors (Lipinski definition) is 2. The Morgan fingerprint density at radius 2 is 2.23 bits per heavy atom. The van der Waals surface area contributed by atoms with Crippen molar-refractivity contribution in [3.8, 4) is 5.75 Å². The summed E-state index contributed by atoms with van der Waals surface area (Å²) in [5.74, 6) is -0.0164. The third kappa shape index (κ3) is 1.08. The minimum Gasteiger partial charge on any atom is -0.508 e. The van der Waals surface area contributed by atoms with Crippen LogP contribution in [0.5, 0.6) is 5.75 Å². The maximum atomic E-state index is 10.6. The van der Waals surface area contributed by atoms with E-state index < -0.39 is 6.09 Å². The minimum atomic E-state index is -1.23. The largest absolute Gasteiger partial charge is 0.508 e. The number of nitrogens with zero attached hydrogens (tertiary/aromatic N) is 3. The Hall–Kier alpha value is -2.11. The second-order valence-corrected chi connectivity index (χ2v) is 2.46. The highest BCUT2D eigenvalue weighted by atomic mass is 16.4. The maximum Gasteiger partial charge on any atom is 0.434 e. The summed E-state index contributed by atoms with van der Waals surface area (Å²) in [5, 5.41) is 24.7. The van der Waals surface area contributed by atoms with Crippen LogP contribution in [-0.4, -0.2) is 31.3 Å². The summed E-state index contributed by atoms with van der Waals surface area (Å²) in [7, 11) is 0. The molecule has 1 aromatic carbocycles. The standard InChI is InChI=1S/C7H5N3O3/c11-4-1-2-5-6(3-4)10(7(12)13)9-8-5/h1-3,11H,(H,12,13). The molecule has 0 radical (unpaired) electrons. The highest BCUT2D eigenvalue weighted by Gasteiger charge is 2.09. The minimum absolute atomic E-state index is 0.0164. The number of benzene rings is 1. The van der Waals surface area contributed by atoms with E-state index in [1.54, 1.807) is 0 Å². The van der Waals surface area contributed by atoms with Crippen LogP contribution in [0.2, 0.25) is 0 Å². The Balaban J connectivity index is 2.79. The molecular formula is C7H5N3O3. The molecule has 66 valence electrons. The Bertz CT molecular complexity index is 477. The first-order valence-corrected chi connectivity index (χ1v) is 3.46. The van der Waals surface area contributed by atoms with Crippen molar-refractivity contribution < 1.29 is 15.0 Å². The molecule has 2 N–H and O–H groups in total. The number of carbonyl (C=O) groups is 1. The molecule has 0 saturated heterocycles. The van der Waals surface area contributed by atoms with E-state index in [0.29, 0.717) is 10.2 Å². The monoisotopic (exact) mass is 179 g/mol. The molecule has 0 amide bonds. The van der Waals surface area contributed by atoms with Crippen LogP contribution in [0.3, 0.4) is 0 Å². The first-order chi connectivity index (χ1) is 6.18. The van der Waals surface area contributed by atoms with Gasteiger partial charge in [0.2, 0.25) is 0 Å². The van der Waals surface area contributed by atoms with Gasteiger partial charge in [-0.25, -0.2) is 4.79 Å². The lowest BCUT2D eigenvalue weighted by atomic mass is 10.3. The average Bonchev–Trinajstić information content (AvgIpc) is 2.46. The fourth-order valence-corrected chi connectivity index (χ4v) is 1.05. The molecule has 0 spiro atoms. The van der Waals surface area contributed by atoms with Gasteiger partial charge in [0.05, 0.1) is 0 Å². The summed E-state index contributed by atoms with van der Waals surface area (Å²) < 4.78 is 0.703. The normalized spacial score (nSPS) is 10.5. The fourth-order valence-electron chi connectivity index (χ4n) is 1.05. The molecule has 0 aliphatic rings. The van der Waals surface area contributed by atoms with Gasteiger partial charge < -0.3 is 10.2 Å². The molecule has 2 rings (SSSR count). The number of aromatic nitrogens is 3. The van der Waals surface area contributed by atoms with Crippen LogP contribution < -0.4 is 0 Å². The fraction of sp³-hybridized carbons (Fsp3) is 0. The van der Waals surface area contributed by atoms with Crippen molar-refractivity contribution in [3.05, 3.63) is 18.2 Å². The van der Waals surface area contributed by atoms with E-state index in [4.69, 9.17) is 10.2 Å². The van der Waals surface area contributed by atoms with Crippen LogP contribution in [0.15, 0.2) is 18.2 Å². The van der Waals surface area contributed by atoms with Crippen LogP contribution >= 0.6 is 0 Å². The van der Waals surface area contributed by atoms with Crippen LogP contribution in [0.25, 0.3) is 11.0 Å². The van der Waals surface area contributed by atoms with Gasteiger partial charge in [-0.15, -0.1) is 9.78 Å². The Kier molecular flexibility index (Phi) is 1.42. The number of hydrogen-bond acceptors (Lipinski definition) is 4. The topological polar surface area (TPSA) is 88.2 Å². The van der Waals surface area contributed by atoms with Crippen molar-refractivity contribution in [2.75, 3.05) is 0 Å². The van der Waals surface area contributed by atoms with Gasteiger partial charge in [-0.1, -0.05) is 5.21 Å².